The van der Waals surface area contributed by atoms with Gasteiger partial charge in [0.25, 0.3) is 5.69 Å². The summed E-state index contributed by atoms with van der Waals surface area (Å²) in [4.78, 5) is 19.0. The first-order chi connectivity index (χ1) is 10.6. The molecular formula is C16H14N4O2. The minimum atomic E-state index is -0.399. The molecule has 0 aliphatic carbocycles. The van der Waals surface area contributed by atoms with E-state index in [1.54, 1.807) is 24.5 Å². The van der Waals surface area contributed by atoms with Crippen molar-refractivity contribution >= 4 is 22.3 Å². The van der Waals surface area contributed by atoms with E-state index < -0.39 is 4.92 Å². The number of benzene rings is 1. The van der Waals surface area contributed by atoms with Crippen LogP contribution in [0.1, 0.15) is 11.3 Å². The topological polar surface area (TPSA) is 81.0 Å². The fourth-order valence-corrected chi connectivity index (χ4v) is 2.31. The third-order valence-electron chi connectivity index (χ3n) is 3.34. The van der Waals surface area contributed by atoms with Crippen LogP contribution >= 0.6 is 0 Å². The molecule has 0 fully saturated rings. The first-order valence-corrected chi connectivity index (χ1v) is 6.82. The number of hydrogen-bond acceptors (Lipinski definition) is 5. The van der Waals surface area contributed by atoms with Crippen LogP contribution in [0.25, 0.3) is 10.9 Å². The second-order valence-electron chi connectivity index (χ2n) is 4.98. The summed E-state index contributed by atoms with van der Waals surface area (Å²) in [5.41, 5.74) is 3.52. The summed E-state index contributed by atoms with van der Waals surface area (Å²) in [6.45, 7) is 2.49. The van der Waals surface area contributed by atoms with Gasteiger partial charge in [-0.15, -0.1) is 0 Å². The van der Waals surface area contributed by atoms with E-state index in [4.69, 9.17) is 0 Å². The van der Waals surface area contributed by atoms with Gasteiger partial charge in [-0.05, 0) is 30.7 Å². The third-order valence-corrected chi connectivity index (χ3v) is 3.34. The SMILES string of the molecule is Cc1cc(NCc2cccnc2)c2cc([N+](=O)[O-])ccc2n1. The summed E-state index contributed by atoms with van der Waals surface area (Å²) in [6.07, 6.45) is 3.50. The van der Waals surface area contributed by atoms with Crippen LogP contribution in [-0.2, 0) is 6.54 Å². The Kier molecular flexibility index (Phi) is 3.65. The average molecular weight is 294 g/mol. The van der Waals surface area contributed by atoms with E-state index in [1.807, 2.05) is 25.1 Å². The monoisotopic (exact) mass is 294 g/mol. The highest BCUT2D eigenvalue weighted by Gasteiger charge is 2.10. The molecule has 0 aliphatic heterocycles. The van der Waals surface area contributed by atoms with Gasteiger partial charge in [0.15, 0.2) is 0 Å². The Labute approximate surface area is 127 Å². The Morgan fingerprint density at radius 2 is 2.14 bits per heavy atom. The predicted molar refractivity (Wildman–Crippen MR) is 84.7 cm³/mol. The van der Waals surface area contributed by atoms with Gasteiger partial charge in [-0.3, -0.25) is 20.1 Å². The van der Waals surface area contributed by atoms with E-state index in [2.05, 4.69) is 15.3 Å². The number of non-ortho nitro benzene ring substituents is 1. The van der Waals surface area contributed by atoms with Crippen LogP contribution in [0.5, 0.6) is 0 Å². The zero-order valence-electron chi connectivity index (χ0n) is 12.0. The fourth-order valence-electron chi connectivity index (χ4n) is 2.31. The maximum Gasteiger partial charge on any atom is 0.270 e. The molecule has 2 heterocycles. The number of fused-ring (bicyclic) bond motifs is 1. The van der Waals surface area contributed by atoms with Gasteiger partial charge < -0.3 is 5.32 Å². The van der Waals surface area contributed by atoms with E-state index in [9.17, 15) is 10.1 Å². The largest absolute Gasteiger partial charge is 0.380 e. The summed E-state index contributed by atoms with van der Waals surface area (Å²) in [5, 5.41) is 15.0. The number of rotatable bonds is 4. The van der Waals surface area contributed by atoms with E-state index >= 15 is 0 Å². The van der Waals surface area contributed by atoms with E-state index in [-0.39, 0.29) is 5.69 Å². The smallest absolute Gasteiger partial charge is 0.270 e. The first-order valence-electron chi connectivity index (χ1n) is 6.82. The summed E-state index contributed by atoms with van der Waals surface area (Å²) in [6, 6.07) is 10.4. The Bertz CT molecular complexity index is 834. The van der Waals surface area contributed by atoms with E-state index in [1.165, 1.54) is 6.07 Å². The molecule has 0 amide bonds. The van der Waals surface area contributed by atoms with Gasteiger partial charge in [-0.2, -0.15) is 0 Å². The molecule has 0 saturated heterocycles. The molecule has 1 aromatic carbocycles. The number of nitrogens with one attached hydrogen (secondary N) is 1. The number of nitrogens with zero attached hydrogens (tertiary/aromatic N) is 3. The minimum Gasteiger partial charge on any atom is -0.380 e. The molecule has 3 rings (SSSR count). The van der Waals surface area contributed by atoms with Crippen molar-refractivity contribution < 1.29 is 4.92 Å². The van der Waals surface area contributed by atoms with Gasteiger partial charge in [-0.1, -0.05) is 6.07 Å². The zero-order chi connectivity index (χ0) is 15.5. The summed E-state index contributed by atoms with van der Waals surface area (Å²) >= 11 is 0. The summed E-state index contributed by atoms with van der Waals surface area (Å²) in [7, 11) is 0. The molecule has 1 N–H and O–H groups in total. The number of hydrogen-bond donors (Lipinski definition) is 1. The van der Waals surface area contributed by atoms with Crippen LogP contribution in [0.2, 0.25) is 0 Å². The van der Waals surface area contributed by atoms with E-state index in [0.717, 1.165) is 27.8 Å². The molecule has 0 aliphatic rings. The number of pyridine rings is 2. The highest BCUT2D eigenvalue weighted by atomic mass is 16.6. The van der Waals surface area contributed by atoms with Crippen molar-refractivity contribution in [1.29, 1.82) is 0 Å². The lowest BCUT2D eigenvalue weighted by molar-refractivity contribution is -0.384. The van der Waals surface area contributed by atoms with Crippen molar-refractivity contribution in [3.63, 3.8) is 0 Å². The second kappa shape index (κ2) is 5.77. The molecule has 22 heavy (non-hydrogen) atoms. The number of nitro benzene ring substituents is 1. The first kappa shape index (κ1) is 13.9. The minimum absolute atomic E-state index is 0.0579. The Morgan fingerprint density at radius 3 is 2.86 bits per heavy atom. The van der Waals surface area contributed by atoms with Gasteiger partial charge in [0, 0.05) is 47.8 Å². The highest BCUT2D eigenvalue weighted by Crippen LogP contribution is 2.27. The molecule has 110 valence electrons. The second-order valence-corrected chi connectivity index (χ2v) is 4.98. The highest BCUT2D eigenvalue weighted by molar-refractivity contribution is 5.93. The lowest BCUT2D eigenvalue weighted by Gasteiger charge is -2.10. The summed E-state index contributed by atoms with van der Waals surface area (Å²) < 4.78 is 0. The lowest BCUT2D eigenvalue weighted by atomic mass is 10.1. The molecule has 0 unspecified atom stereocenters. The predicted octanol–water partition coefficient (Wildman–Crippen LogP) is 3.46. The molecule has 2 aromatic heterocycles. The van der Waals surface area contributed by atoms with E-state index in [0.29, 0.717) is 6.54 Å². The van der Waals surface area contributed by atoms with Crippen molar-refractivity contribution in [2.75, 3.05) is 5.32 Å². The van der Waals surface area contributed by atoms with Gasteiger partial charge >= 0.3 is 0 Å². The molecule has 3 aromatic rings. The standard InChI is InChI=1S/C16H14N4O2/c1-11-7-16(18-10-12-3-2-6-17-9-12)14-8-13(20(21)22)4-5-15(14)19-11/h2-9H,10H2,1H3,(H,18,19). The maximum atomic E-state index is 11.0. The van der Waals surface area contributed by atoms with Gasteiger partial charge in [0.05, 0.1) is 10.4 Å². The van der Waals surface area contributed by atoms with Crippen LogP contribution in [0.15, 0.2) is 48.8 Å². The number of nitro groups is 1. The molecular weight excluding hydrogens is 280 g/mol. The van der Waals surface area contributed by atoms with Crippen molar-refractivity contribution in [3.05, 3.63) is 70.2 Å². The number of aryl methyl sites for hydroxylation is 1. The summed E-state index contributed by atoms with van der Waals surface area (Å²) in [5.74, 6) is 0. The molecule has 0 atom stereocenters. The number of aromatic nitrogens is 2. The van der Waals surface area contributed by atoms with Crippen molar-refractivity contribution in [1.82, 2.24) is 9.97 Å². The quantitative estimate of drug-likeness (QED) is 0.588. The van der Waals surface area contributed by atoms with Crippen LogP contribution in [0.4, 0.5) is 11.4 Å². The Hall–Kier alpha value is -3.02. The maximum absolute atomic E-state index is 11.0. The van der Waals surface area contributed by atoms with Gasteiger partial charge in [-0.25, -0.2) is 0 Å². The van der Waals surface area contributed by atoms with Crippen LogP contribution < -0.4 is 5.32 Å². The molecule has 0 spiro atoms. The zero-order valence-corrected chi connectivity index (χ0v) is 12.0. The normalized spacial score (nSPS) is 10.6. The molecule has 6 heteroatoms. The van der Waals surface area contributed by atoms with Gasteiger partial charge in [0.2, 0.25) is 0 Å². The Morgan fingerprint density at radius 1 is 1.27 bits per heavy atom. The molecule has 6 nitrogen and oxygen atoms in total. The Balaban J connectivity index is 1.99. The van der Waals surface area contributed by atoms with Crippen molar-refractivity contribution in [2.45, 2.75) is 13.5 Å². The van der Waals surface area contributed by atoms with Crippen molar-refractivity contribution in [3.8, 4) is 0 Å². The molecule has 0 bridgehead atoms. The lowest BCUT2D eigenvalue weighted by Crippen LogP contribution is -2.02. The fraction of sp³-hybridized carbons (Fsp3) is 0.125. The van der Waals surface area contributed by atoms with Crippen LogP contribution in [0, 0.1) is 17.0 Å². The van der Waals surface area contributed by atoms with Crippen molar-refractivity contribution in [2.24, 2.45) is 0 Å². The van der Waals surface area contributed by atoms with Gasteiger partial charge in [0.1, 0.15) is 0 Å². The van der Waals surface area contributed by atoms with Crippen LogP contribution in [-0.4, -0.2) is 14.9 Å². The number of anilines is 1. The molecule has 0 saturated carbocycles. The molecule has 0 radical (unpaired) electrons. The third kappa shape index (κ3) is 2.85. The van der Waals surface area contributed by atoms with Crippen LogP contribution in [0.3, 0.4) is 0 Å². The average Bonchev–Trinajstić information content (AvgIpc) is 2.53.